The van der Waals surface area contributed by atoms with Crippen LogP contribution in [0.25, 0.3) is 0 Å². The highest BCUT2D eigenvalue weighted by molar-refractivity contribution is 7.99. The van der Waals surface area contributed by atoms with E-state index in [9.17, 15) is 14.4 Å². The van der Waals surface area contributed by atoms with Crippen molar-refractivity contribution >= 4 is 35.8 Å². The number of amides is 2. The first kappa shape index (κ1) is 13.6. The SMILES string of the molecule is O=C(O)CCSC1N=CC=CN1N1C(=O)CCC1=O. The molecule has 0 bridgehead atoms. The van der Waals surface area contributed by atoms with Crippen LogP contribution in [0.2, 0.25) is 0 Å². The van der Waals surface area contributed by atoms with Gasteiger partial charge in [-0.05, 0) is 6.08 Å². The summed E-state index contributed by atoms with van der Waals surface area (Å²) in [6.45, 7) is 0. The van der Waals surface area contributed by atoms with Crippen LogP contribution in [0.4, 0.5) is 0 Å². The number of nitrogens with zero attached hydrogens (tertiary/aromatic N) is 3. The number of hydrazine groups is 1. The van der Waals surface area contributed by atoms with E-state index in [-0.39, 0.29) is 31.1 Å². The summed E-state index contributed by atoms with van der Waals surface area (Å²) in [7, 11) is 0. The number of carboxylic acids is 1. The summed E-state index contributed by atoms with van der Waals surface area (Å²) >= 11 is 1.27. The molecule has 2 aliphatic rings. The van der Waals surface area contributed by atoms with Crippen LogP contribution in [-0.2, 0) is 14.4 Å². The highest BCUT2D eigenvalue weighted by Gasteiger charge is 2.36. The number of hydrogen-bond acceptors (Lipinski definition) is 6. The van der Waals surface area contributed by atoms with E-state index in [4.69, 9.17) is 5.11 Å². The molecule has 1 unspecified atom stereocenters. The van der Waals surface area contributed by atoms with Crippen LogP contribution >= 0.6 is 11.8 Å². The molecule has 0 saturated carbocycles. The lowest BCUT2D eigenvalue weighted by Gasteiger charge is -2.34. The minimum absolute atomic E-state index is 0.0101. The third-order valence-electron chi connectivity index (χ3n) is 2.60. The van der Waals surface area contributed by atoms with Crippen LogP contribution in [-0.4, -0.2) is 50.4 Å². The number of carbonyl (C=O) groups excluding carboxylic acids is 2. The zero-order chi connectivity index (χ0) is 13.8. The molecule has 2 aliphatic heterocycles. The molecule has 0 spiro atoms. The van der Waals surface area contributed by atoms with Gasteiger partial charge in [-0.15, -0.1) is 11.8 Å². The summed E-state index contributed by atoms with van der Waals surface area (Å²) in [6.07, 6.45) is 5.23. The summed E-state index contributed by atoms with van der Waals surface area (Å²) in [5.74, 6) is -1.04. The number of rotatable bonds is 5. The number of imide groups is 1. The van der Waals surface area contributed by atoms with E-state index in [2.05, 4.69) is 4.99 Å². The predicted octanol–water partition coefficient (Wildman–Crippen LogP) is 0.442. The standard InChI is InChI=1S/C11H13N3O4S/c15-8-2-3-9(16)14(8)13-6-1-5-12-11(13)19-7-4-10(17)18/h1,5-6,11H,2-4,7H2,(H,17,18). The van der Waals surface area contributed by atoms with Gasteiger partial charge < -0.3 is 5.11 Å². The summed E-state index contributed by atoms with van der Waals surface area (Å²) in [6, 6.07) is 0. The summed E-state index contributed by atoms with van der Waals surface area (Å²) in [4.78, 5) is 38.0. The molecule has 0 radical (unpaired) electrons. The maximum Gasteiger partial charge on any atom is 0.304 e. The Hall–Kier alpha value is -1.83. The Labute approximate surface area is 113 Å². The van der Waals surface area contributed by atoms with Crippen molar-refractivity contribution in [3.63, 3.8) is 0 Å². The Bertz CT molecular complexity index is 447. The maximum absolute atomic E-state index is 11.7. The van der Waals surface area contributed by atoms with E-state index in [1.165, 1.54) is 16.8 Å². The fourth-order valence-corrected chi connectivity index (χ4v) is 2.73. The molecular weight excluding hydrogens is 270 g/mol. The molecule has 8 heteroatoms. The van der Waals surface area contributed by atoms with Gasteiger partial charge in [0.1, 0.15) is 0 Å². The average Bonchev–Trinajstić information content (AvgIpc) is 2.69. The van der Waals surface area contributed by atoms with E-state index in [1.807, 2.05) is 0 Å². The van der Waals surface area contributed by atoms with Crippen molar-refractivity contribution in [2.45, 2.75) is 24.8 Å². The third-order valence-corrected chi connectivity index (χ3v) is 3.68. The van der Waals surface area contributed by atoms with Gasteiger partial charge in [-0.3, -0.25) is 19.4 Å². The van der Waals surface area contributed by atoms with Crippen molar-refractivity contribution in [2.75, 3.05) is 5.75 Å². The Balaban J connectivity index is 2.02. The van der Waals surface area contributed by atoms with E-state index < -0.39 is 11.5 Å². The first-order valence-corrected chi connectivity index (χ1v) is 6.82. The van der Waals surface area contributed by atoms with Crippen molar-refractivity contribution < 1.29 is 19.5 Å². The minimum Gasteiger partial charge on any atom is -0.481 e. The molecule has 19 heavy (non-hydrogen) atoms. The van der Waals surface area contributed by atoms with Gasteiger partial charge in [0.2, 0.25) is 11.8 Å². The number of allylic oxidation sites excluding steroid dienone is 1. The zero-order valence-electron chi connectivity index (χ0n) is 10.1. The smallest absolute Gasteiger partial charge is 0.304 e. The van der Waals surface area contributed by atoms with Gasteiger partial charge in [-0.1, -0.05) is 0 Å². The Morgan fingerprint density at radius 2 is 2.11 bits per heavy atom. The number of carbonyl (C=O) groups is 3. The van der Waals surface area contributed by atoms with Crippen LogP contribution < -0.4 is 0 Å². The fraction of sp³-hybridized carbons (Fsp3) is 0.455. The highest BCUT2D eigenvalue weighted by Crippen LogP contribution is 2.26. The largest absolute Gasteiger partial charge is 0.481 e. The monoisotopic (exact) mass is 283 g/mol. The molecule has 102 valence electrons. The third kappa shape index (κ3) is 3.14. The van der Waals surface area contributed by atoms with Gasteiger partial charge in [-0.25, -0.2) is 5.01 Å². The van der Waals surface area contributed by atoms with Gasteiger partial charge in [0.25, 0.3) is 0 Å². The van der Waals surface area contributed by atoms with Crippen LogP contribution in [0, 0.1) is 0 Å². The van der Waals surface area contributed by atoms with Gasteiger partial charge in [0.05, 0.1) is 6.42 Å². The fourth-order valence-electron chi connectivity index (χ4n) is 1.75. The average molecular weight is 283 g/mol. The maximum atomic E-state index is 11.7. The quantitative estimate of drug-likeness (QED) is 0.736. The molecule has 2 amide bonds. The van der Waals surface area contributed by atoms with Crippen LogP contribution in [0.3, 0.4) is 0 Å². The molecular formula is C11H13N3O4S. The Morgan fingerprint density at radius 1 is 1.42 bits per heavy atom. The lowest BCUT2D eigenvalue weighted by atomic mass is 10.4. The number of thioether (sulfide) groups is 1. The van der Waals surface area contributed by atoms with E-state index in [0.717, 1.165) is 5.01 Å². The predicted molar refractivity (Wildman–Crippen MR) is 69.1 cm³/mol. The molecule has 0 aliphatic carbocycles. The minimum atomic E-state index is -0.886. The highest BCUT2D eigenvalue weighted by atomic mass is 32.2. The summed E-state index contributed by atoms with van der Waals surface area (Å²) in [5, 5.41) is 11.2. The molecule has 2 heterocycles. The second kappa shape index (κ2) is 5.87. The van der Waals surface area contributed by atoms with Gasteiger partial charge >= 0.3 is 5.97 Å². The van der Waals surface area contributed by atoms with Gasteiger partial charge in [-0.2, -0.15) is 5.01 Å². The Kier molecular flexibility index (Phi) is 4.20. The lowest BCUT2D eigenvalue weighted by molar-refractivity contribution is -0.153. The van der Waals surface area contributed by atoms with Crippen molar-refractivity contribution in [3.05, 3.63) is 12.3 Å². The molecule has 0 aromatic rings. The number of hydrogen-bond donors (Lipinski definition) is 1. The molecule has 0 aromatic heterocycles. The van der Waals surface area contributed by atoms with Crippen molar-refractivity contribution in [1.82, 2.24) is 10.0 Å². The first-order valence-electron chi connectivity index (χ1n) is 5.77. The van der Waals surface area contributed by atoms with Crippen LogP contribution in [0.1, 0.15) is 19.3 Å². The van der Waals surface area contributed by atoms with Crippen LogP contribution in [0.15, 0.2) is 17.3 Å². The zero-order valence-corrected chi connectivity index (χ0v) is 10.9. The molecule has 1 fully saturated rings. The molecule has 7 nitrogen and oxygen atoms in total. The van der Waals surface area contributed by atoms with Crippen molar-refractivity contribution in [2.24, 2.45) is 4.99 Å². The second-order valence-electron chi connectivity index (χ2n) is 3.96. The normalized spacial score (nSPS) is 22.4. The van der Waals surface area contributed by atoms with Crippen molar-refractivity contribution in [3.8, 4) is 0 Å². The van der Waals surface area contributed by atoms with E-state index in [1.54, 1.807) is 18.5 Å². The molecule has 1 N–H and O–H groups in total. The van der Waals surface area contributed by atoms with Crippen LogP contribution in [0.5, 0.6) is 0 Å². The molecule has 1 atom stereocenters. The van der Waals surface area contributed by atoms with Gasteiger partial charge in [0.15, 0.2) is 5.50 Å². The lowest BCUT2D eigenvalue weighted by Crippen LogP contribution is -2.47. The van der Waals surface area contributed by atoms with E-state index >= 15 is 0 Å². The first-order chi connectivity index (χ1) is 9.09. The number of aliphatic imine (C=N–C) groups is 1. The van der Waals surface area contributed by atoms with E-state index in [0.29, 0.717) is 5.75 Å². The molecule has 0 aromatic carbocycles. The number of aliphatic carboxylic acids is 1. The molecule has 2 rings (SSSR count). The van der Waals surface area contributed by atoms with Crippen molar-refractivity contribution in [1.29, 1.82) is 0 Å². The molecule has 1 saturated heterocycles. The Morgan fingerprint density at radius 3 is 2.74 bits per heavy atom. The summed E-state index contributed by atoms with van der Waals surface area (Å²) < 4.78 is 0. The summed E-state index contributed by atoms with van der Waals surface area (Å²) in [5.41, 5.74) is -0.477. The second-order valence-corrected chi connectivity index (χ2v) is 5.12. The topological polar surface area (TPSA) is 90.3 Å². The number of carboxylic acid groups (broad SMARTS) is 1. The van der Waals surface area contributed by atoms with Gasteiger partial charge in [0, 0.05) is 31.0 Å².